The van der Waals surface area contributed by atoms with Gasteiger partial charge in [-0.1, -0.05) is 0 Å². The van der Waals surface area contributed by atoms with E-state index in [1.165, 1.54) is 18.2 Å². The lowest BCUT2D eigenvalue weighted by Gasteiger charge is -2.12. The molecule has 0 spiro atoms. The topological polar surface area (TPSA) is 58.2 Å². The van der Waals surface area contributed by atoms with Gasteiger partial charge in [-0.25, -0.2) is 4.39 Å². The molecule has 1 aliphatic rings. The number of nitrogens with one attached hydrogen (secondary N) is 2. The first-order valence-electron chi connectivity index (χ1n) is 5.11. The molecule has 1 aliphatic heterocycles. The number of carbonyl (C=O) groups is 2. The monoisotopic (exact) mass is 300 g/mol. The molecule has 2 amide bonds. The van der Waals surface area contributed by atoms with Gasteiger partial charge in [0.05, 0.1) is 5.69 Å². The number of anilines is 1. The van der Waals surface area contributed by atoms with Crippen molar-refractivity contribution >= 4 is 33.4 Å². The third-order valence-corrected chi connectivity index (χ3v) is 3.19. The second kappa shape index (κ2) is 4.83. The molecule has 4 nitrogen and oxygen atoms in total. The fourth-order valence-electron chi connectivity index (χ4n) is 1.62. The van der Waals surface area contributed by atoms with Crippen LogP contribution in [0.15, 0.2) is 22.7 Å². The molecule has 0 radical (unpaired) electrons. The average molecular weight is 301 g/mol. The average Bonchev–Trinajstić information content (AvgIpc) is 2.70. The molecular formula is C11H10BrFN2O2. The Hall–Kier alpha value is -1.43. The van der Waals surface area contributed by atoms with Gasteiger partial charge in [-0.3, -0.25) is 9.59 Å². The lowest BCUT2D eigenvalue weighted by molar-refractivity contribution is -0.122. The molecule has 1 fully saturated rings. The van der Waals surface area contributed by atoms with Gasteiger partial charge >= 0.3 is 0 Å². The molecule has 17 heavy (non-hydrogen) atoms. The zero-order chi connectivity index (χ0) is 12.4. The van der Waals surface area contributed by atoms with Crippen molar-refractivity contribution in [1.29, 1.82) is 0 Å². The highest BCUT2D eigenvalue weighted by Crippen LogP contribution is 2.23. The molecular weight excluding hydrogens is 291 g/mol. The number of benzene rings is 1. The number of hydrogen-bond donors (Lipinski definition) is 2. The summed E-state index contributed by atoms with van der Waals surface area (Å²) in [7, 11) is 0. The van der Waals surface area contributed by atoms with E-state index in [2.05, 4.69) is 26.6 Å². The van der Waals surface area contributed by atoms with E-state index < -0.39 is 11.9 Å². The van der Waals surface area contributed by atoms with Gasteiger partial charge in [-0.2, -0.15) is 0 Å². The van der Waals surface area contributed by atoms with Crippen molar-refractivity contribution in [3.63, 3.8) is 0 Å². The Bertz CT molecular complexity index is 479. The predicted molar refractivity (Wildman–Crippen MR) is 63.9 cm³/mol. The Labute approximate surface area is 106 Å². The summed E-state index contributed by atoms with van der Waals surface area (Å²) in [5.74, 6) is -0.899. The highest BCUT2D eigenvalue weighted by atomic mass is 79.9. The van der Waals surface area contributed by atoms with Crippen LogP contribution in [0.25, 0.3) is 0 Å². The first-order valence-corrected chi connectivity index (χ1v) is 5.91. The van der Waals surface area contributed by atoms with E-state index in [-0.39, 0.29) is 11.8 Å². The van der Waals surface area contributed by atoms with E-state index in [0.717, 1.165) is 0 Å². The van der Waals surface area contributed by atoms with Crippen LogP contribution in [0.5, 0.6) is 0 Å². The Morgan fingerprint density at radius 1 is 1.53 bits per heavy atom. The van der Waals surface area contributed by atoms with Crippen LogP contribution >= 0.6 is 15.9 Å². The van der Waals surface area contributed by atoms with E-state index in [9.17, 15) is 14.0 Å². The molecule has 0 bridgehead atoms. The van der Waals surface area contributed by atoms with E-state index in [1.54, 1.807) is 0 Å². The summed E-state index contributed by atoms with van der Waals surface area (Å²) in [5.41, 5.74) is 0.358. The molecule has 2 N–H and O–H groups in total. The van der Waals surface area contributed by atoms with Gasteiger partial charge in [-0.05, 0) is 40.5 Å². The van der Waals surface area contributed by atoms with Crippen molar-refractivity contribution in [2.75, 3.05) is 5.32 Å². The number of rotatable bonds is 2. The summed E-state index contributed by atoms with van der Waals surface area (Å²) in [6.07, 6.45) is 0.819. The quantitative estimate of drug-likeness (QED) is 0.875. The smallest absolute Gasteiger partial charge is 0.246 e. The van der Waals surface area contributed by atoms with Crippen LogP contribution in [-0.4, -0.2) is 17.9 Å². The highest BCUT2D eigenvalue weighted by Gasteiger charge is 2.27. The van der Waals surface area contributed by atoms with Crippen molar-refractivity contribution in [1.82, 2.24) is 5.32 Å². The van der Waals surface area contributed by atoms with Gasteiger partial charge in [0.1, 0.15) is 11.9 Å². The van der Waals surface area contributed by atoms with E-state index in [4.69, 9.17) is 0 Å². The zero-order valence-electron chi connectivity index (χ0n) is 8.80. The number of halogens is 2. The Morgan fingerprint density at radius 3 is 2.94 bits per heavy atom. The molecule has 1 saturated heterocycles. The van der Waals surface area contributed by atoms with E-state index in [1.807, 2.05) is 0 Å². The second-order valence-electron chi connectivity index (χ2n) is 3.77. The molecule has 0 unspecified atom stereocenters. The summed E-state index contributed by atoms with van der Waals surface area (Å²) < 4.78 is 13.6. The Kier molecular flexibility index (Phi) is 3.42. The molecule has 1 aromatic carbocycles. The van der Waals surface area contributed by atoms with Crippen molar-refractivity contribution in [2.45, 2.75) is 18.9 Å². The molecule has 0 saturated carbocycles. The molecule has 0 aromatic heterocycles. The Morgan fingerprint density at radius 2 is 2.29 bits per heavy atom. The molecule has 90 valence electrons. The predicted octanol–water partition coefficient (Wildman–Crippen LogP) is 1.81. The zero-order valence-corrected chi connectivity index (χ0v) is 10.4. The maximum absolute atomic E-state index is 13.0. The normalized spacial score (nSPS) is 18.9. The fraction of sp³-hybridized carbons (Fsp3) is 0.273. The van der Waals surface area contributed by atoms with Crippen LogP contribution in [0.1, 0.15) is 12.8 Å². The lowest BCUT2D eigenvalue weighted by Crippen LogP contribution is -2.37. The van der Waals surface area contributed by atoms with Crippen LogP contribution in [-0.2, 0) is 9.59 Å². The number of carbonyl (C=O) groups excluding carboxylic acids is 2. The minimum Gasteiger partial charge on any atom is -0.344 e. The van der Waals surface area contributed by atoms with Crippen LogP contribution in [0.4, 0.5) is 10.1 Å². The summed E-state index contributed by atoms with van der Waals surface area (Å²) >= 11 is 3.21. The Balaban J connectivity index is 2.07. The maximum atomic E-state index is 13.0. The standard InChI is InChI=1S/C11H10BrFN2O2/c12-7-2-1-6(13)5-9(7)15-11(17)8-3-4-10(16)14-8/h1-2,5,8H,3-4H2,(H,14,16)(H,15,17)/t8-/m1/s1. The third-order valence-electron chi connectivity index (χ3n) is 2.50. The molecule has 0 aliphatic carbocycles. The first kappa shape index (κ1) is 12.0. The summed E-state index contributed by atoms with van der Waals surface area (Å²) in [4.78, 5) is 22.7. The maximum Gasteiger partial charge on any atom is 0.246 e. The van der Waals surface area contributed by atoms with Gasteiger partial charge < -0.3 is 10.6 Å². The second-order valence-corrected chi connectivity index (χ2v) is 4.63. The van der Waals surface area contributed by atoms with E-state index >= 15 is 0 Å². The largest absolute Gasteiger partial charge is 0.344 e. The van der Waals surface area contributed by atoms with Gasteiger partial charge in [0.25, 0.3) is 0 Å². The molecule has 1 atom stereocenters. The van der Waals surface area contributed by atoms with Gasteiger partial charge in [0, 0.05) is 10.9 Å². The summed E-state index contributed by atoms with van der Waals surface area (Å²) in [5, 5.41) is 5.12. The third kappa shape index (κ3) is 2.82. The summed E-state index contributed by atoms with van der Waals surface area (Å²) in [6.45, 7) is 0. The fourth-order valence-corrected chi connectivity index (χ4v) is 1.97. The van der Waals surface area contributed by atoms with E-state index in [0.29, 0.717) is 23.0 Å². The van der Waals surface area contributed by atoms with Crippen molar-refractivity contribution in [3.8, 4) is 0 Å². The molecule has 6 heteroatoms. The summed E-state index contributed by atoms with van der Waals surface area (Å²) in [6, 6.07) is 3.49. The van der Waals surface area contributed by atoms with Crippen molar-refractivity contribution < 1.29 is 14.0 Å². The number of hydrogen-bond acceptors (Lipinski definition) is 2. The SMILES string of the molecule is O=C1CC[C@H](C(=O)Nc2cc(F)ccc2Br)N1. The van der Waals surface area contributed by atoms with Crippen LogP contribution < -0.4 is 10.6 Å². The molecule has 1 aromatic rings. The van der Waals surface area contributed by atoms with Gasteiger partial charge in [-0.15, -0.1) is 0 Å². The number of amides is 2. The molecule has 2 rings (SSSR count). The first-order chi connectivity index (χ1) is 8.06. The molecule has 1 heterocycles. The van der Waals surface area contributed by atoms with Crippen LogP contribution in [0.2, 0.25) is 0 Å². The van der Waals surface area contributed by atoms with Gasteiger partial charge in [0.15, 0.2) is 0 Å². The lowest BCUT2D eigenvalue weighted by atomic mass is 10.2. The van der Waals surface area contributed by atoms with Crippen LogP contribution in [0, 0.1) is 5.82 Å². The highest BCUT2D eigenvalue weighted by molar-refractivity contribution is 9.10. The van der Waals surface area contributed by atoms with Crippen LogP contribution in [0.3, 0.4) is 0 Å². The van der Waals surface area contributed by atoms with Crippen molar-refractivity contribution in [2.24, 2.45) is 0 Å². The van der Waals surface area contributed by atoms with Gasteiger partial charge in [0.2, 0.25) is 11.8 Å². The van der Waals surface area contributed by atoms with Crippen molar-refractivity contribution in [3.05, 3.63) is 28.5 Å². The minimum absolute atomic E-state index is 0.136. The minimum atomic E-state index is -0.530.